The second-order valence-electron chi connectivity index (χ2n) is 4.07. The van der Waals surface area contributed by atoms with E-state index < -0.39 is 5.97 Å². The van der Waals surface area contributed by atoms with E-state index in [0.717, 1.165) is 0 Å². The van der Waals surface area contributed by atoms with Crippen molar-refractivity contribution in [3.63, 3.8) is 0 Å². The van der Waals surface area contributed by atoms with Gasteiger partial charge >= 0.3 is 5.97 Å². The second kappa shape index (κ2) is 6.86. The van der Waals surface area contributed by atoms with E-state index in [1.165, 1.54) is 0 Å². The lowest BCUT2D eigenvalue weighted by molar-refractivity contribution is 0.0520. The number of anilines is 1. The number of carbonyl (C=O) groups excluding carboxylic acids is 1. The number of nitrogens with two attached hydrogens (primary N) is 1. The highest BCUT2D eigenvalue weighted by Crippen LogP contribution is 2.23. The molecule has 1 rings (SSSR count). The van der Waals surface area contributed by atoms with Gasteiger partial charge in [0.2, 0.25) is 0 Å². The highest BCUT2D eigenvalue weighted by molar-refractivity contribution is 5.93. The first-order chi connectivity index (χ1) is 8.58. The van der Waals surface area contributed by atoms with Crippen LogP contribution in [-0.4, -0.2) is 30.9 Å². The molecule has 1 aromatic rings. The van der Waals surface area contributed by atoms with E-state index in [1.807, 2.05) is 6.92 Å². The van der Waals surface area contributed by atoms with Gasteiger partial charge in [-0.05, 0) is 19.1 Å². The largest absolute Gasteiger partial charge is 0.492 e. The monoisotopic (exact) mass is 253 g/mol. The minimum Gasteiger partial charge on any atom is -0.492 e. The minimum atomic E-state index is -0.441. The van der Waals surface area contributed by atoms with Crippen LogP contribution in [0.2, 0.25) is 0 Å². The van der Waals surface area contributed by atoms with Crippen LogP contribution >= 0.6 is 0 Å². The van der Waals surface area contributed by atoms with Crippen molar-refractivity contribution in [1.29, 1.82) is 0 Å². The Labute approximate surface area is 107 Å². The van der Waals surface area contributed by atoms with Gasteiger partial charge in [0.15, 0.2) is 0 Å². The zero-order valence-corrected chi connectivity index (χ0v) is 10.7. The third kappa shape index (κ3) is 3.92. The average Bonchev–Trinajstić information content (AvgIpc) is 2.36. The summed E-state index contributed by atoms with van der Waals surface area (Å²) in [4.78, 5) is 11.7. The predicted octanol–water partition coefficient (Wildman–Crippen LogP) is 1.45. The zero-order chi connectivity index (χ0) is 13.5. The Balaban J connectivity index is 2.86. The van der Waals surface area contributed by atoms with E-state index in [0.29, 0.717) is 30.2 Å². The number of esters is 1. The van der Waals surface area contributed by atoms with Crippen LogP contribution in [-0.2, 0) is 4.74 Å². The molecule has 0 aliphatic carbocycles. The van der Waals surface area contributed by atoms with Crippen LogP contribution in [0.5, 0.6) is 5.75 Å². The first kappa shape index (κ1) is 14.3. The molecule has 3 N–H and O–H groups in total. The number of aliphatic hydroxyl groups is 1. The van der Waals surface area contributed by atoms with Gasteiger partial charge in [-0.2, -0.15) is 0 Å². The van der Waals surface area contributed by atoms with Gasteiger partial charge in [0.25, 0.3) is 0 Å². The molecule has 5 nitrogen and oxygen atoms in total. The summed E-state index contributed by atoms with van der Waals surface area (Å²) in [7, 11) is 0. The van der Waals surface area contributed by atoms with Crippen LogP contribution in [0, 0.1) is 5.92 Å². The molecule has 1 atom stereocenters. The Bertz CT molecular complexity index is 406. The maximum Gasteiger partial charge on any atom is 0.341 e. The zero-order valence-electron chi connectivity index (χ0n) is 10.7. The van der Waals surface area contributed by atoms with Crippen molar-refractivity contribution in [1.82, 2.24) is 0 Å². The molecule has 1 unspecified atom stereocenters. The molecule has 0 saturated heterocycles. The third-order valence-corrected chi connectivity index (χ3v) is 2.34. The molecule has 0 aromatic heterocycles. The van der Waals surface area contributed by atoms with Crippen molar-refractivity contribution in [2.45, 2.75) is 13.8 Å². The Kier molecular flexibility index (Phi) is 5.45. The van der Waals surface area contributed by atoms with Gasteiger partial charge in [-0.25, -0.2) is 4.79 Å². The smallest absolute Gasteiger partial charge is 0.341 e. The summed E-state index contributed by atoms with van der Waals surface area (Å²) in [6, 6.07) is 4.78. The van der Waals surface area contributed by atoms with Crippen LogP contribution in [0.25, 0.3) is 0 Å². The molecule has 100 valence electrons. The first-order valence-corrected chi connectivity index (χ1v) is 5.88. The fraction of sp³-hybridized carbons (Fsp3) is 0.462. The highest BCUT2D eigenvalue weighted by atomic mass is 16.5. The van der Waals surface area contributed by atoms with Crippen LogP contribution in [0.1, 0.15) is 24.2 Å². The predicted molar refractivity (Wildman–Crippen MR) is 68.6 cm³/mol. The highest BCUT2D eigenvalue weighted by Gasteiger charge is 2.14. The third-order valence-electron chi connectivity index (χ3n) is 2.34. The lowest BCUT2D eigenvalue weighted by Gasteiger charge is -2.14. The van der Waals surface area contributed by atoms with Crippen molar-refractivity contribution >= 4 is 11.7 Å². The lowest BCUT2D eigenvalue weighted by atomic mass is 10.1. The molecule has 1 aromatic carbocycles. The normalized spacial score (nSPS) is 11.9. The summed E-state index contributed by atoms with van der Waals surface area (Å²) >= 11 is 0. The van der Waals surface area contributed by atoms with Gasteiger partial charge in [-0.1, -0.05) is 6.92 Å². The Morgan fingerprint density at radius 1 is 1.50 bits per heavy atom. The summed E-state index contributed by atoms with van der Waals surface area (Å²) in [6.07, 6.45) is 0. The van der Waals surface area contributed by atoms with Gasteiger partial charge in [0, 0.05) is 24.3 Å². The first-order valence-electron chi connectivity index (χ1n) is 5.88. The van der Waals surface area contributed by atoms with E-state index in [9.17, 15) is 4.79 Å². The number of ether oxygens (including phenoxy) is 2. The van der Waals surface area contributed by atoms with Gasteiger partial charge < -0.3 is 20.3 Å². The van der Waals surface area contributed by atoms with Gasteiger partial charge in [0.1, 0.15) is 11.3 Å². The number of nitrogen functional groups attached to an aromatic ring is 1. The Hall–Kier alpha value is -1.75. The molecule has 0 aliphatic rings. The van der Waals surface area contributed by atoms with E-state index >= 15 is 0 Å². The molecule has 0 radical (unpaired) electrons. The number of hydrogen-bond acceptors (Lipinski definition) is 5. The molecule has 18 heavy (non-hydrogen) atoms. The molecular formula is C13H19NO4. The average molecular weight is 253 g/mol. The molecule has 0 fully saturated rings. The summed E-state index contributed by atoms with van der Waals surface area (Å²) in [6.45, 7) is 4.22. The quantitative estimate of drug-likeness (QED) is 0.592. The minimum absolute atomic E-state index is 0.0125. The molecule has 0 saturated carbocycles. The van der Waals surface area contributed by atoms with Crippen molar-refractivity contribution in [3.05, 3.63) is 23.8 Å². The van der Waals surface area contributed by atoms with E-state index in [1.54, 1.807) is 25.1 Å². The Morgan fingerprint density at radius 3 is 2.83 bits per heavy atom. The van der Waals surface area contributed by atoms with Crippen LogP contribution < -0.4 is 10.5 Å². The van der Waals surface area contributed by atoms with Crippen molar-refractivity contribution in [3.8, 4) is 5.75 Å². The van der Waals surface area contributed by atoms with E-state index in [4.69, 9.17) is 20.3 Å². The molecule has 0 amide bonds. The second-order valence-corrected chi connectivity index (χ2v) is 4.07. The SMILES string of the molecule is CCOC(=O)c1ccc(N)cc1OCC(C)CO. The fourth-order valence-electron chi connectivity index (χ4n) is 1.32. The fourth-order valence-corrected chi connectivity index (χ4v) is 1.32. The molecule has 5 heteroatoms. The molecule has 0 bridgehead atoms. The summed E-state index contributed by atoms with van der Waals surface area (Å²) in [5.41, 5.74) is 6.51. The van der Waals surface area contributed by atoms with Crippen molar-refractivity contribution in [2.75, 3.05) is 25.6 Å². The van der Waals surface area contributed by atoms with Crippen molar-refractivity contribution < 1.29 is 19.4 Å². The van der Waals surface area contributed by atoms with Gasteiger partial charge in [-0.3, -0.25) is 0 Å². The maximum absolute atomic E-state index is 11.7. The molecular weight excluding hydrogens is 234 g/mol. The number of aliphatic hydroxyl groups excluding tert-OH is 1. The molecule has 0 aliphatic heterocycles. The maximum atomic E-state index is 11.7. The van der Waals surface area contributed by atoms with Gasteiger partial charge in [-0.15, -0.1) is 0 Å². The van der Waals surface area contributed by atoms with E-state index in [-0.39, 0.29) is 12.5 Å². The van der Waals surface area contributed by atoms with Crippen LogP contribution in [0.15, 0.2) is 18.2 Å². The Morgan fingerprint density at radius 2 is 2.22 bits per heavy atom. The topological polar surface area (TPSA) is 81.8 Å². The number of hydrogen-bond donors (Lipinski definition) is 2. The molecule has 0 spiro atoms. The number of benzene rings is 1. The standard InChI is InChI=1S/C13H19NO4/c1-3-17-13(16)11-5-4-10(14)6-12(11)18-8-9(2)7-15/h4-6,9,15H,3,7-8,14H2,1-2H3. The lowest BCUT2D eigenvalue weighted by Crippen LogP contribution is -2.15. The summed E-state index contributed by atoms with van der Waals surface area (Å²) < 4.78 is 10.4. The number of carbonyl (C=O) groups is 1. The van der Waals surface area contributed by atoms with E-state index in [2.05, 4.69) is 0 Å². The van der Waals surface area contributed by atoms with Crippen LogP contribution in [0.4, 0.5) is 5.69 Å². The van der Waals surface area contributed by atoms with Crippen LogP contribution in [0.3, 0.4) is 0 Å². The summed E-state index contributed by atoms with van der Waals surface area (Å²) in [5, 5.41) is 8.93. The van der Waals surface area contributed by atoms with Crippen molar-refractivity contribution in [2.24, 2.45) is 5.92 Å². The summed E-state index contributed by atoms with van der Waals surface area (Å²) in [5.74, 6) is -0.0700. The number of rotatable bonds is 6. The van der Waals surface area contributed by atoms with Gasteiger partial charge in [0.05, 0.1) is 13.2 Å². The molecule has 0 heterocycles.